The molecule has 7 nitrogen and oxygen atoms in total. The molecule has 0 aliphatic carbocycles. The molecule has 4 rings (SSSR count). The minimum Gasteiger partial charge on any atom is -0.489 e. The summed E-state index contributed by atoms with van der Waals surface area (Å²) in [7, 11) is 0. The van der Waals surface area contributed by atoms with Crippen molar-refractivity contribution in [2.24, 2.45) is 5.10 Å². The van der Waals surface area contributed by atoms with Crippen LogP contribution in [0.4, 0.5) is 10.8 Å². The molecule has 0 saturated heterocycles. The average Bonchev–Trinajstić information content (AvgIpc) is 3.32. The number of non-ortho nitro benzene ring substituents is 1. The number of nitrogens with one attached hydrogen (secondary N) is 1. The highest BCUT2D eigenvalue weighted by molar-refractivity contribution is 7.14. The highest BCUT2D eigenvalue weighted by Gasteiger charge is 2.08. The molecule has 0 radical (unpaired) electrons. The molecule has 1 heterocycles. The van der Waals surface area contributed by atoms with E-state index in [1.54, 1.807) is 12.1 Å². The highest BCUT2D eigenvalue weighted by Crippen LogP contribution is 2.26. The summed E-state index contributed by atoms with van der Waals surface area (Å²) in [6.45, 7) is 2.37. The lowest BCUT2D eigenvalue weighted by molar-refractivity contribution is -0.384. The smallest absolute Gasteiger partial charge is 0.269 e. The van der Waals surface area contributed by atoms with Gasteiger partial charge < -0.3 is 4.74 Å². The standard InChI is InChI=1S/C24H19ClN4O3S/c1-16(18-6-12-22(13-7-18)32-14-17-2-8-20(25)9-3-17)27-28-24-26-23(15-33-24)19-4-10-21(11-5-19)29(30)31/h2-13,15H,14H2,1H3,(H,26,28)/b27-16-. The zero-order valence-corrected chi connectivity index (χ0v) is 19.1. The van der Waals surface area contributed by atoms with Gasteiger partial charge in [-0.25, -0.2) is 4.98 Å². The second kappa shape index (κ2) is 10.2. The van der Waals surface area contributed by atoms with E-state index in [9.17, 15) is 10.1 Å². The fourth-order valence-electron chi connectivity index (χ4n) is 2.95. The van der Waals surface area contributed by atoms with Crippen molar-refractivity contribution >= 4 is 39.5 Å². The van der Waals surface area contributed by atoms with E-state index in [1.165, 1.54) is 23.5 Å². The van der Waals surface area contributed by atoms with Crippen molar-refractivity contribution in [3.8, 4) is 17.0 Å². The van der Waals surface area contributed by atoms with Crippen molar-refractivity contribution < 1.29 is 9.66 Å². The Kier molecular flexibility index (Phi) is 6.97. The Bertz CT molecular complexity index is 1270. The molecule has 0 aliphatic heterocycles. The lowest BCUT2D eigenvalue weighted by Crippen LogP contribution is -2.00. The number of ether oxygens (including phenoxy) is 1. The summed E-state index contributed by atoms with van der Waals surface area (Å²) in [6, 6.07) is 21.5. The Morgan fingerprint density at radius 3 is 2.45 bits per heavy atom. The first-order valence-electron chi connectivity index (χ1n) is 9.96. The minimum absolute atomic E-state index is 0.0500. The zero-order valence-electron chi connectivity index (χ0n) is 17.6. The highest BCUT2D eigenvalue weighted by atomic mass is 35.5. The molecular weight excluding hydrogens is 460 g/mol. The number of nitro benzene ring substituents is 1. The number of rotatable bonds is 8. The molecular formula is C24H19ClN4O3S. The van der Waals surface area contributed by atoms with Crippen LogP contribution in [-0.4, -0.2) is 15.6 Å². The second-order valence-corrected chi connectivity index (χ2v) is 8.38. The number of thiazole rings is 1. The lowest BCUT2D eigenvalue weighted by Gasteiger charge is -2.08. The quantitative estimate of drug-likeness (QED) is 0.171. The topological polar surface area (TPSA) is 89.7 Å². The Hall–Kier alpha value is -3.75. The van der Waals surface area contributed by atoms with E-state index in [-0.39, 0.29) is 5.69 Å². The van der Waals surface area contributed by atoms with Crippen molar-refractivity contribution in [3.63, 3.8) is 0 Å². The van der Waals surface area contributed by atoms with Crippen LogP contribution in [0.1, 0.15) is 18.1 Å². The summed E-state index contributed by atoms with van der Waals surface area (Å²) in [6.07, 6.45) is 0. The third-order valence-electron chi connectivity index (χ3n) is 4.79. The molecule has 0 aliphatic rings. The van der Waals surface area contributed by atoms with Gasteiger partial charge in [-0.1, -0.05) is 23.7 Å². The van der Waals surface area contributed by atoms with E-state index in [4.69, 9.17) is 16.3 Å². The van der Waals surface area contributed by atoms with E-state index in [0.29, 0.717) is 16.8 Å². The largest absolute Gasteiger partial charge is 0.489 e. The molecule has 0 fully saturated rings. The van der Waals surface area contributed by atoms with Crippen LogP contribution in [0.5, 0.6) is 5.75 Å². The first-order chi connectivity index (χ1) is 16.0. The van der Waals surface area contributed by atoms with Crippen LogP contribution in [0.2, 0.25) is 5.02 Å². The molecule has 9 heteroatoms. The molecule has 4 aromatic rings. The number of benzene rings is 3. The number of hydrazone groups is 1. The van der Waals surface area contributed by atoms with Crippen LogP contribution >= 0.6 is 22.9 Å². The van der Waals surface area contributed by atoms with Gasteiger partial charge in [0.05, 0.1) is 16.3 Å². The van der Waals surface area contributed by atoms with Crippen LogP contribution in [0, 0.1) is 10.1 Å². The zero-order chi connectivity index (χ0) is 23.2. The Morgan fingerprint density at radius 1 is 1.09 bits per heavy atom. The predicted octanol–water partition coefficient (Wildman–Crippen LogP) is 6.79. The molecule has 0 bridgehead atoms. The molecule has 0 saturated carbocycles. The van der Waals surface area contributed by atoms with Gasteiger partial charge in [-0.2, -0.15) is 5.10 Å². The summed E-state index contributed by atoms with van der Waals surface area (Å²) in [4.78, 5) is 14.9. The monoisotopic (exact) mass is 478 g/mol. The minimum atomic E-state index is -0.423. The first-order valence-corrected chi connectivity index (χ1v) is 11.2. The molecule has 3 aromatic carbocycles. The van der Waals surface area contributed by atoms with E-state index in [1.807, 2.05) is 60.8 Å². The maximum atomic E-state index is 10.8. The van der Waals surface area contributed by atoms with E-state index in [0.717, 1.165) is 33.8 Å². The van der Waals surface area contributed by atoms with Gasteiger partial charge in [0.15, 0.2) is 0 Å². The molecule has 1 aromatic heterocycles. The maximum absolute atomic E-state index is 10.8. The summed E-state index contributed by atoms with van der Waals surface area (Å²) in [5, 5.41) is 18.4. The van der Waals surface area contributed by atoms with Crippen molar-refractivity contribution in [1.82, 2.24) is 4.98 Å². The van der Waals surface area contributed by atoms with Crippen LogP contribution in [0.15, 0.2) is 83.3 Å². The van der Waals surface area contributed by atoms with Crippen LogP contribution in [-0.2, 0) is 6.61 Å². The van der Waals surface area contributed by atoms with Gasteiger partial charge in [0.2, 0.25) is 5.13 Å². The summed E-state index contributed by atoms with van der Waals surface area (Å²) in [5.74, 6) is 0.766. The molecule has 0 spiro atoms. The van der Waals surface area contributed by atoms with E-state index >= 15 is 0 Å². The number of anilines is 1. The van der Waals surface area contributed by atoms with Crippen molar-refractivity contribution in [2.75, 3.05) is 5.43 Å². The van der Waals surface area contributed by atoms with Crippen molar-refractivity contribution in [2.45, 2.75) is 13.5 Å². The summed E-state index contributed by atoms with van der Waals surface area (Å²) < 4.78 is 5.82. The number of hydrogen-bond acceptors (Lipinski definition) is 7. The molecule has 166 valence electrons. The number of aromatic nitrogens is 1. The normalized spacial score (nSPS) is 11.3. The van der Waals surface area contributed by atoms with Gasteiger partial charge >= 0.3 is 0 Å². The van der Waals surface area contributed by atoms with Gasteiger partial charge in [0.1, 0.15) is 12.4 Å². The van der Waals surface area contributed by atoms with Gasteiger partial charge in [0.25, 0.3) is 5.69 Å². The number of hydrogen-bond donors (Lipinski definition) is 1. The molecule has 0 amide bonds. The van der Waals surface area contributed by atoms with E-state index in [2.05, 4.69) is 15.5 Å². The molecule has 0 unspecified atom stereocenters. The third kappa shape index (κ3) is 5.94. The number of nitrogens with zero attached hydrogens (tertiary/aromatic N) is 3. The second-order valence-electron chi connectivity index (χ2n) is 7.09. The Balaban J connectivity index is 1.35. The predicted molar refractivity (Wildman–Crippen MR) is 132 cm³/mol. The summed E-state index contributed by atoms with van der Waals surface area (Å²) in [5.41, 5.74) is 7.35. The number of halogens is 1. The van der Waals surface area contributed by atoms with E-state index < -0.39 is 4.92 Å². The van der Waals surface area contributed by atoms with Gasteiger partial charge in [-0.15, -0.1) is 11.3 Å². The summed E-state index contributed by atoms with van der Waals surface area (Å²) >= 11 is 7.31. The molecule has 1 N–H and O–H groups in total. The van der Waals surface area contributed by atoms with Crippen LogP contribution in [0.3, 0.4) is 0 Å². The Labute approximate surface area is 199 Å². The molecule has 0 atom stereocenters. The lowest BCUT2D eigenvalue weighted by atomic mass is 10.1. The van der Waals surface area contributed by atoms with Crippen molar-refractivity contribution in [1.29, 1.82) is 0 Å². The van der Waals surface area contributed by atoms with Crippen LogP contribution < -0.4 is 10.2 Å². The molecule has 33 heavy (non-hydrogen) atoms. The maximum Gasteiger partial charge on any atom is 0.269 e. The fourth-order valence-corrected chi connectivity index (χ4v) is 3.73. The van der Waals surface area contributed by atoms with Crippen LogP contribution in [0.25, 0.3) is 11.3 Å². The third-order valence-corrected chi connectivity index (χ3v) is 5.79. The number of nitro groups is 1. The Morgan fingerprint density at radius 2 is 1.79 bits per heavy atom. The average molecular weight is 479 g/mol. The van der Waals surface area contributed by atoms with Gasteiger partial charge in [-0.05, 0) is 66.6 Å². The van der Waals surface area contributed by atoms with Gasteiger partial charge in [0, 0.05) is 28.1 Å². The van der Waals surface area contributed by atoms with Gasteiger partial charge in [-0.3, -0.25) is 15.5 Å². The fraction of sp³-hybridized carbons (Fsp3) is 0.0833. The first kappa shape index (κ1) is 22.4. The van der Waals surface area contributed by atoms with Crippen molar-refractivity contribution in [3.05, 3.63) is 104 Å². The SMILES string of the molecule is C/C(=N/Nc1nc(-c2ccc([N+](=O)[O-])cc2)cs1)c1ccc(OCc2ccc(Cl)cc2)cc1.